The fourth-order valence-corrected chi connectivity index (χ4v) is 0. The van der Waals surface area contributed by atoms with Crippen LogP contribution in [0.5, 0.6) is 0 Å². The van der Waals surface area contributed by atoms with Gasteiger partial charge in [-0.2, -0.15) is 0 Å². The van der Waals surface area contributed by atoms with Crippen LogP contribution in [0, 0.1) is 0 Å². The molecule has 7 heteroatoms. The summed E-state index contributed by atoms with van der Waals surface area (Å²) in [6.45, 7) is 0. The molecule has 0 spiro atoms. The van der Waals surface area contributed by atoms with Crippen molar-refractivity contribution in [1.29, 1.82) is 0 Å². The van der Waals surface area contributed by atoms with Crippen molar-refractivity contribution in [2.75, 3.05) is 0 Å². The van der Waals surface area contributed by atoms with Crippen LogP contribution >= 0.6 is 0 Å². The average Bonchev–Trinajstić information content (AvgIpc) is 0.722. The summed E-state index contributed by atoms with van der Waals surface area (Å²) < 4.78 is 34.1. The van der Waals surface area contributed by atoms with E-state index in [1.54, 1.807) is 0 Å². The molecule has 0 aliphatic rings. The molecule has 0 bridgehead atoms. The van der Waals surface area contributed by atoms with E-state index < -0.39 is 10.4 Å². The molecule has 0 aromatic rings. The van der Waals surface area contributed by atoms with Gasteiger partial charge in [0.25, 0.3) is 0 Å². The summed E-state index contributed by atoms with van der Waals surface area (Å²) in [7, 11) is -5.17. The predicted molar refractivity (Wildman–Crippen MR) is 17.6 cm³/mol. The Balaban J connectivity index is -0.0000000800. The fraction of sp³-hybridized carbons (Fsp3) is 0. The molecular formula is HClO4PbS. The van der Waals surface area contributed by atoms with E-state index in [-0.39, 0.29) is 39.7 Å². The fourth-order valence-electron chi connectivity index (χ4n) is 0. The van der Waals surface area contributed by atoms with Crippen LogP contribution in [0.4, 0.5) is 0 Å². The van der Waals surface area contributed by atoms with Gasteiger partial charge in [0.05, 0.1) is 0 Å². The molecule has 0 N–H and O–H groups in total. The van der Waals surface area contributed by atoms with Crippen LogP contribution in [-0.4, -0.2) is 44.8 Å². The normalized spacial score (nSPS) is 8.29. The van der Waals surface area contributed by atoms with E-state index in [1.165, 1.54) is 0 Å². The second-order valence-corrected chi connectivity index (χ2v) is 1.22. The van der Waals surface area contributed by atoms with Crippen LogP contribution in [0.1, 0.15) is 0 Å². The van der Waals surface area contributed by atoms with E-state index in [0.29, 0.717) is 0 Å². The molecule has 0 heterocycles. The molecule has 0 rings (SSSR count). The Morgan fingerprint density at radius 1 is 1.14 bits per heavy atom. The number of halogens is 1. The van der Waals surface area contributed by atoms with Gasteiger partial charge >= 0.3 is 27.3 Å². The summed E-state index contributed by atoms with van der Waals surface area (Å²) in [6, 6.07) is 0. The van der Waals surface area contributed by atoms with Crippen molar-refractivity contribution in [2.24, 2.45) is 0 Å². The molecule has 0 atom stereocenters. The second kappa shape index (κ2) is 5.22. The van der Waals surface area contributed by atoms with E-state index in [1.807, 2.05) is 0 Å². The molecule has 0 aromatic carbocycles. The molecule has 0 radical (unpaired) electrons. The summed E-state index contributed by atoms with van der Waals surface area (Å²) in [5.41, 5.74) is 0. The zero-order valence-electron chi connectivity index (χ0n) is 3.00. The van der Waals surface area contributed by atoms with Crippen molar-refractivity contribution in [3.8, 4) is 0 Å². The van der Waals surface area contributed by atoms with Crippen LogP contribution in [0.25, 0.3) is 0 Å². The number of hydrogen-bond donors (Lipinski definition) is 0. The maximum atomic E-state index is 8.52. The zero-order valence-corrected chi connectivity index (χ0v) is 9.06. The van der Waals surface area contributed by atoms with Crippen LogP contribution in [0.3, 0.4) is 0 Å². The summed E-state index contributed by atoms with van der Waals surface area (Å²) in [5, 5.41) is 0. The van der Waals surface area contributed by atoms with E-state index >= 15 is 0 Å². The van der Waals surface area contributed by atoms with Crippen molar-refractivity contribution in [1.82, 2.24) is 0 Å². The molecule has 4 nitrogen and oxygen atoms in total. The van der Waals surface area contributed by atoms with E-state index in [2.05, 4.69) is 0 Å². The Bertz CT molecular complexity index is 94.9. The van der Waals surface area contributed by atoms with Gasteiger partial charge in [-0.15, -0.1) is 0 Å². The first-order valence-electron chi connectivity index (χ1n) is 0.667. The van der Waals surface area contributed by atoms with Crippen LogP contribution < -0.4 is 12.4 Å². The number of rotatable bonds is 0. The Hall–Kier alpha value is 1.08. The SMILES string of the molecule is O=S(=O)([O-])[O-].[Cl-].[PbH+3]. The Labute approximate surface area is 67.4 Å². The third-order valence-electron chi connectivity index (χ3n) is 0. The summed E-state index contributed by atoms with van der Waals surface area (Å²) in [6.07, 6.45) is 0. The van der Waals surface area contributed by atoms with Gasteiger partial charge in [0.15, 0.2) is 0 Å². The predicted octanol–water partition coefficient (Wildman–Crippen LogP) is -4.98. The van der Waals surface area contributed by atoms with Gasteiger partial charge in [0.2, 0.25) is 0 Å². The molecule has 0 fully saturated rings. The quantitative estimate of drug-likeness (QED) is 0.251. The van der Waals surface area contributed by atoms with E-state index in [0.717, 1.165) is 0 Å². The van der Waals surface area contributed by atoms with Crippen LogP contribution in [0.2, 0.25) is 0 Å². The molecule has 0 amide bonds. The standard InChI is InChI=1S/ClH.H2O4S.Pb.H/c;1-5(2,3)4;;/h1H;(H2,1,2,3,4);;/q;;+3;/p-3. The first-order valence-corrected chi connectivity index (χ1v) is 2.00. The third-order valence-corrected chi connectivity index (χ3v) is 0. The average molecular weight is 340 g/mol. The second-order valence-electron chi connectivity index (χ2n) is 0.408. The van der Waals surface area contributed by atoms with Crippen molar-refractivity contribution >= 4 is 37.7 Å². The molecule has 7 heavy (non-hydrogen) atoms. The van der Waals surface area contributed by atoms with Crippen molar-refractivity contribution in [2.45, 2.75) is 0 Å². The van der Waals surface area contributed by atoms with Gasteiger partial charge in [-0.05, 0) is 0 Å². The van der Waals surface area contributed by atoms with Gasteiger partial charge in [-0.1, -0.05) is 0 Å². The molecule has 42 valence electrons. The topological polar surface area (TPSA) is 80.3 Å². The third kappa shape index (κ3) is 156. The molecule has 0 saturated carbocycles. The van der Waals surface area contributed by atoms with Crippen LogP contribution in [-0.2, 0) is 10.4 Å². The molecule has 0 aliphatic carbocycles. The monoisotopic (exact) mass is 340 g/mol. The van der Waals surface area contributed by atoms with Crippen LogP contribution in [0.15, 0.2) is 0 Å². The minimum atomic E-state index is -5.17. The van der Waals surface area contributed by atoms with Gasteiger partial charge in [0.1, 0.15) is 0 Å². The van der Waals surface area contributed by atoms with Crippen molar-refractivity contribution in [3.63, 3.8) is 0 Å². The zero-order chi connectivity index (χ0) is 4.50. The summed E-state index contributed by atoms with van der Waals surface area (Å²) in [5.74, 6) is 0. The summed E-state index contributed by atoms with van der Waals surface area (Å²) in [4.78, 5) is 0. The van der Waals surface area contributed by atoms with Gasteiger partial charge in [-0.3, -0.25) is 8.42 Å². The summed E-state index contributed by atoms with van der Waals surface area (Å²) >= 11 is 0. The molecular weight excluding hydrogens is 339 g/mol. The Morgan fingerprint density at radius 3 is 1.14 bits per heavy atom. The molecule has 0 aliphatic heterocycles. The maximum absolute atomic E-state index is 8.52. The van der Waals surface area contributed by atoms with Gasteiger partial charge < -0.3 is 21.5 Å². The first-order chi connectivity index (χ1) is 2.00. The Morgan fingerprint density at radius 2 is 1.14 bits per heavy atom. The number of hydrogen-bond acceptors (Lipinski definition) is 4. The van der Waals surface area contributed by atoms with E-state index in [9.17, 15) is 0 Å². The Kier molecular flexibility index (Phi) is 11.7. The van der Waals surface area contributed by atoms with Crippen molar-refractivity contribution < 1.29 is 29.9 Å². The van der Waals surface area contributed by atoms with E-state index in [4.69, 9.17) is 17.5 Å². The molecule has 0 saturated heterocycles. The minimum absolute atomic E-state index is 0. The first kappa shape index (κ1) is 15.7. The van der Waals surface area contributed by atoms with Crippen molar-refractivity contribution in [3.05, 3.63) is 0 Å². The molecule has 0 aromatic heterocycles. The van der Waals surface area contributed by atoms with Gasteiger partial charge in [-0.25, -0.2) is 0 Å². The van der Waals surface area contributed by atoms with Gasteiger partial charge in [0, 0.05) is 10.4 Å². The molecule has 0 unspecified atom stereocenters.